The topological polar surface area (TPSA) is 36.7 Å². The van der Waals surface area contributed by atoms with E-state index in [9.17, 15) is 4.79 Å². The highest BCUT2D eigenvalue weighted by Gasteiger charge is 2.18. The average molecular weight is 264 g/mol. The third-order valence-corrected chi connectivity index (χ3v) is 3.78. The molecule has 1 unspecified atom stereocenters. The maximum Gasteiger partial charge on any atom is 0.224 e. The maximum atomic E-state index is 12.1. The Morgan fingerprint density at radius 3 is 3.11 bits per heavy atom. The van der Waals surface area contributed by atoms with Gasteiger partial charge in [-0.15, -0.1) is 0 Å². The van der Waals surface area contributed by atoms with Gasteiger partial charge in [0.25, 0.3) is 0 Å². The predicted molar refractivity (Wildman–Crippen MR) is 74.6 cm³/mol. The molecule has 0 N–H and O–H groups in total. The molecule has 0 saturated carbocycles. The SMILES string of the molecule is CC1CCCN(CCC(=O)N(C)Cc2ccco2)C1. The molecule has 0 aliphatic carbocycles. The molecule has 1 aliphatic rings. The first-order valence-electron chi connectivity index (χ1n) is 7.14. The van der Waals surface area contributed by atoms with Gasteiger partial charge in [0, 0.05) is 26.6 Å². The van der Waals surface area contributed by atoms with Gasteiger partial charge >= 0.3 is 0 Å². The summed E-state index contributed by atoms with van der Waals surface area (Å²) in [5, 5.41) is 0. The van der Waals surface area contributed by atoms with E-state index in [0.717, 1.165) is 31.3 Å². The van der Waals surface area contributed by atoms with Crippen LogP contribution < -0.4 is 0 Å². The third kappa shape index (κ3) is 4.39. The van der Waals surface area contributed by atoms with Crippen molar-refractivity contribution in [3.63, 3.8) is 0 Å². The van der Waals surface area contributed by atoms with E-state index in [-0.39, 0.29) is 5.91 Å². The number of amides is 1. The van der Waals surface area contributed by atoms with Crippen LogP contribution in [0.25, 0.3) is 0 Å². The van der Waals surface area contributed by atoms with E-state index >= 15 is 0 Å². The van der Waals surface area contributed by atoms with Gasteiger partial charge in [0.15, 0.2) is 0 Å². The number of rotatable bonds is 5. The summed E-state index contributed by atoms with van der Waals surface area (Å²) in [4.78, 5) is 16.2. The van der Waals surface area contributed by atoms with Crippen molar-refractivity contribution in [2.45, 2.75) is 32.7 Å². The number of piperidine rings is 1. The summed E-state index contributed by atoms with van der Waals surface area (Å²) >= 11 is 0. The maximum absolute atomic E-state index is 12.1. The van der Waals surface area contributed by atoms with Gasteiger partial charge in [-0.3, -0.25) is 4.79 Å². The molecule has 1 amide bonds. The van der Waals surface area contributed by atoms with Crippen LogP contribution in [0.3, 0.4) is 0 Å². The second-order valence-electron chi connectivity index (χ2n) is 5.63. The van der Waals surface area contributed by atoms with Crippen LogP contribution in [0.5, 0.6) is 0 Å². The number of likely N-dealkylation sites (tertiary alicyclic amines) is 1. The molecule has 0 spiro atoms. The van der Waals surface area contributed by atoms with Gasteiger partial charge < -0.3 is 14.2 Å². The molecule has 0 aromatic carbocycles. The number of carbonyl (C=O) groups excluding carboxylic acids is 1. The van der Waals surface area contributed by atoms with Crippen LogP contribution in [0.15, 0.2) is 22.8 Å². The summed E-state index contributed by atoms with van der Waals surface area (Å²) in [6.45, 7) is 6.00. The van der Waals surface area contributed by atoms with E-state index in [0.29, 0.717) is 13.0 Å². The number of carbonyl (C=O) groups is 1. The largest absolute Gasteiger partial charge is 0.467 e. The van der Waals surface area contributed by atoms with E-state index < -0.39 is 0 Å². The molecular weight excluding hydrogens is 240 g/mol. The summed E-state index contributed by atoms with van der Waals surface area (Å²) in [6.07, 6.45) is 4.83. The molecule has 1 aliphatic heterocycles. The van der Waals surface area contributed by atoms with Crippen molar-refractivity contribution in [2.75, 3.05) is 26.7 Å². The minimum atomic E-state index is 0.189. The highest BCUT2D eigenvalue weighted by atomic mass is 16.3. The second-order valence-corrected chi connectivity index (χ2v) is 5.63. The zero-order chi connectivity index (χ0) is 13.7. The molecule has 106 valence electrons. The van der Waals surface area contributed by atoms with Crippen LogP contribution in [0, 0.1) is 5.92 Å². The fourth-order valence-corrected chi connectivity index (χ4v) is 2.66. The molecule has 0 bridgehead atoms. The van der Waals surface area contributed by atoms with Crippen molar-refractivity contribution < 1.29 is 9.21 Å². The smallest absolute Gasteiger partial charge is 0.224 e. The van der Waals surface area contributed by atoms with Gasteiger partial charge in [-0.25, -0.2) is 0 Å². The first-order chi connectivity index (χ1) is 9.15. The Balaban J connectivity index is 1.71. The van der Waals surface area contributed by atoms with Crippen LogP contribution in [-0.4, -0.2) is 42.4 Å². The molecule has 0 radical (unpaired) electrons. The van der Waals surface area contributed by atoms with Gasteiger partial charge in [-0.2, -0.15) is 0 Å². The summed E-state index contributed by atoms with van der Waals surface area (Å²) in [5.41, 5.74) is 0. The van der Waals surface area contributed by atoms with Gasteiger partial charge in [-0.1, -0.05) is 6.92 Å². The molecule has 19 heavy (non-hydrogen) atoms. The Kier molecular flexibility index (Phi) is 5.02. The number of furan rings is 1. The van der Waals surface area contributed by atoms with Crippen LogP contribution >= 0.6 is 0 Å². The Hall–Kier alpha value is -1.29. The fraction of sp³-hybridized carbons (Fsp3) is 0.667. The van der Waals surface area contributed by atoms with Crippen LogP contribution in [0.1, 0.15) is 31.9 Å². The monoisotopic (exact) mass is 264 g/mol. The van der Waals surface area contributed by atoms with E-state index in [1.807, 2.05) is 19.2 Å². The van der Waals surface area contributed by atoms with Crippen molar-refractivity contribution in [1.29, 1.82) is 0 Å². The van der Waals surface area contributed by atoms with Crippen LogP contribution in [0.4, 0.5) is 0 Å². The zero-order valence-corrected chi connectivity index (χ0v) is 12.0. The molecule has 4 heteroatoms. The fourth-order valence-electron chi connectivity index (χ4n) is 2.66. The summed E-state index contributed by atoms with van der Waals surface area (Å²) in [5.74, 6) is 1.79. The normalized spacial score (nSPS) is 20.4. The molecule has 2 heterocycles. The zero-order valence-electron chi connectivity index (χ0n) is 12.0. The van der Waals surface area contributed by atoms with Gasteiger partial charge in [0.1, 0.15) is 5.76 Å². The van der Waals surface area contributed by atoms with Gasteiger partial charge in [0.2, 0.25) is 5.91 Å². The summed E-state index contributed by atoms with van der Waals surface area (Å²) < 4.78 is 5.26. The summed E-state index contributed by atoms with van der Waals surface area (Å²) in [6, 6.07) is 3.75. The molecule has 1 atom stereocenters. The molecule has 4 nitrogen and oxygen atoms in total. The number of nitrogens with zero attached hydrogens (tertiary/aromatic N) is 2. The summed E-state index contributed by atoms with van der Waals surface area (Å²) in [7, 11) is 1.84. The second kappa shape index (κ2) is 6.75. The Morgan fingerprint density at radius 1 is 1.58 bits per heavy atom. The molecule has 1 aromatic heterocycles. The standard InChI is InChI=1S/C15H24N2O2/c1-13-5-3-8-17(11-13)9-7-15(18)16(2)12-14-6-4-10-19-14/h4,6,10,13H,3,5,7-9,11-12H2,1-2H3. The number of hydrogen-bond donors (Lipinski definition) is 0. The van der Waals surface area contributed by atoms with Crippen molar-refractivity contribution in [3.05, 3.63) is 24.2 Å². The molecule has 1 aromatic rings. The van der Waals surface area contributed by atoms with E-state index in [1.54, 1.807) is 11.2 Å². The molecule has 1 saturated heterocycles. The Labute approximate surface area is 115 Å². The minimum absolute atomic E-state index is 0.189. The number of hydrogen-bond acceptors (Lipinski definition) is 3. The Morgan fingerprint density at radius 2 is 2.42 bits per heavy atom. The van der Waals surface area contributed by atoms with Gasteiger partial charge in [-0.05, 0) is 37.4 Å². The quantitative estimate of drug-likeness (QED) is 0.819. The van der Waals surface area contributed by atoms with Crippen molar-refractivity contribution in [2.24, 2.45) is 5.92 Å². The van der Waals surface area contributed by atoms with Crippen LogP contribution in [-0.2, 0) is 11.3 Å². The third-order valence-electron chi connectivity index (χ3n) is 3.78. The predicted octanol–water partition coefficient (Wildman–Crippen LogP) is 2.36. The highest BCUT2D eigenvalue weighted by molar-refractivity contribution is 5.75. The van der Waals surface area contributed by atoms with Crippen molar-refractivity contribution >= 4 is 5.91 Å². The lowest BCUT2D eigenvalue weighted by Crippen LogP contribution is -2.37. The van der Waals surface area contributed by atoms with E-state index in [4.69, 9.17) is 4.42 Å². The van der Waals surface area contributed by atoms with E-state index in [1.165, 1.54) is 12.8 Å². The lowest BCUT2D eigenvalue weighted by molar-refractivity contribution is -0.131. The van der Waals surface area contributed by atoms with Crippen LogP contribution in [0.2, 0.25) is 0 Å². The lowest BCUT2D eigenvalue weighted by Gasteiger charge is -2.31. The molecule has 1 fully saturated rings. The minimum Gasteiger partial charge on any atom is -0.467 e. The average Bonchev–Trinajstić information content (AvgIpc) is 2.89. The van der Waals surface area contributed by atoms with E-state index in [2.05, 4.69) is 11.8 Å². The first kappa shape index (κ1) is 14.1. The molecular formula is C15H24N2O2. The van der Waals surface area contributed by atoms with Crippen molar-refractivity contribution in [3.8, 4) is 0 Å². The van der Waals surface area contributed by atoms with Gasteiger partial charge in [0.05, 0.1) is 12.8 Å². The molecule has 2 rings (SSSR count). The lowest BCUT2D eigenvalue weighted by atomic mass is 10.0. The highest BCUT2D eigenvalue weighted by Crippen LogP contribution is 2.15. The van der Waals surface area contributed by atoms with Crippen molar-refractivity contribution in [1.82, 2.24) is 9.80 Å². The first-order valence-corrected chi connectivity index (χ1v) is 7.14. The Bertz CT molecular complexity index is 389.